The Morgan fingerprint density at radius 2 is 1.86 bits per heavy atom. The van der Waals surface area contributed by atoms with E-state index in [0.29, 0.717) is 28.7 Å². The predicted octanol–water partition coefficient (Wildman–Crippen LogP) is 3.91. The second-order valence-electron chi connectivity index (χ2n) is 6.10. The molecule has 0 radical (unpaired) electrons. The third-order valence-electron chi connectivity index (χ3n) is 4.04. The Bertz CT molecular complexity index is 985. The van der Waals surface area contributed by atoms with Crippen molar-refractivity contribution in [2.45, 2.75) is 24.5 Å². The summed E-state index contributed by atoms with van der Waals surface area (Å²) in [6.45, 7) is 3.26. The predicted molar refractivity (Wildman–Crippen MR) is 109 cm³/mol. The molecule has 3 rings (SSSR count). The van der Waals surface area contributed by atoms with Gasteiger partial charge in [0.15, 0.2) is 5.82 Å². The van der Waals surface area contributed by atoms with Crippen molar-refractivity contribution in [2.75, 3.05) is 17.3 Å². The second-order valence-corrected chi connectivity index (χ2v) is 7.12. The van der Waals surface area contributed by atoms with Crippen LogP contribution in [0, 0.1) is 6.92 Å². The zero-order valence-corrected chi connectivity index (χ0v) is 16.6. The van der Waals surface area contributed by atoms with Gasteiger partial charge in [0, 0.05) is 30.2 Å². The zero-order chi connectivity index (χ0) is 20.1. The lowest BCUT2D eigenvalue weighted by Gasteiger charge is -2.15. The van der Waals surface area contributed by atoms with Crippen molar-refractivity contribution in [2.24, 2.45) is 0 Å². The number of nitrogens with zero attached hydrogens (tertiary/aromatic N) is 3. The van der Waals surface area contributed by atoms with Crippen molar-refractivity contribution >= 4 is 35.0 Å². The number of aryl methyl sites for hydroxylation is 1. The van der Waals surface area contributed by atoms with Crippen molar-refractivity contribution in [1.82, 2.24) is 10.1 Å². The first-order chi connectivity index (χ1) is 13.4. The largest absolute Gasteiger partial charge is 0.338 e. The fourth-order valence-electron chi connectivity index (χ4n) is 2.47. The minimum atomic E-state index is -0.211. The normalized spacial score (nSPS) is 10.5. The number of amides is 2. The Morgan fingerprint density at radius 1 is 1.14 bits per heavy atom. The molecule has 0 aliphatic rings. The summed E-state index contributed by atoms with van der Waals surface area (Å²) >= 11 is 1.46. The van der Waals surface area contributed by atoms with Gasteiger partial charge >= 0.3 is 0 Å². The lowest BCUT2D eigenvalue weighted by molar-refractivity contribution is -0.116. The first kappa shape index (κ1) is 19.6. The summed E-state index contributed by atoms with van der Waals surface area (Å²) in [7, 11) is 1.70. The van der Waals surface area contributed by atoms with E-state index in [-0.39, 0.29) is 11.8 Å². The molecule has 3 aromatic rings. The molecule has 28 heavy (non-hydrogen) atoms. The molecule has 0 saturated heterocycles. The van der Waals surface area contributed by atoms with Gasteiger partial charge in [0.2, 0.25) is 11.8 Å². The van der Waals surface area contributed by atoms with Crippen LogP contribution < -0.4 is 10.2 Å². The van der Waals surface area contributed by atoms with Gasteiger partial charge in [-0.15, -0.1) is 11.8 Å². The van der Waals surface area contributed by atoms with E-state index in [4.69, 9.17) is 4.52 Å². The van der Waals surface area contributed by atoms with Crippen LogP contribution in [0.5, 0.6) is 0 Å². The summed E-state index contributed by atoms with van der Waals surface area (Å²) in [6.07, 6.45) is 0. The van der Waals surface area contributed by atoms with Crippen molar-refractivity contribution in [3.8, 4) is 0 Å². The molecule has 0 aliphatic heterocycles. The highest BCUT2D eigenvalue weighted by atomic mass is 32.2. The Labute approximate surface area is 167 Å². The maximum Gasteiger partial charge on any atom is 0.256 e. The molecule has 0 bridgehead atoms. The van der Waals surface area contributed by atoms with Crippen LogP contribution in [0.2, 0.25) is 0 Å². The molecule has 0 unspecified atom stereocenters. The zero-order valence-electron chi connectivity index (χ0n) is 15.8. The topological polar surface area (TPSA) is 88.3 Å². The highest BCUT2D eigenvalue weighted by Crippen LogP contribution is 2.27. The molecule has 0 aliphatic carbocycles. The molecule has 0 saturated carbocycles. The molecule has 0 fully saturated rings. The quantitative estimate of drug-likeness (QED) is 0.636. The lowest BCUT2D eigenvalue weighted by Crippen LogP contribution is -2.22. The van der Waals surface area contributed by atoms with E-state index < -0.39 is 0 Å². The summed E-state index contributed by atoms with van der Waals surface area (Å²) in [6, 6.07) is 14.5. The van der Waals surface area contributed by atoms with Crippen molar-refractivity contribution in [1.29, 1.82) is 0 Å². The molecular weight excluding hydrogens is 376 g/mol. The SMILES string of the molecule is CC(=O)N(C)c1ccc(NC(=O)c2ccccc2SCc2nc(C)no2)cc1. The summed E-state index contributed by atoms with van der Waals surface area (Å²) in [5.74, 6) is 1.32. The number of thioether (sulfide) groups is 1. The smallest absolute Gasteiger partial charge is 0.256 e. The maximum atomic E-state index is 12.7. The fraction of sp³-hybridized carbons (Fsp3) is 0.200. The number of hydrogen-bond acceptors (Lipinski definition) is 6. The number of benzene rings is 2. The van der Waals surface area contributed by atoms with Gasteiger partial charge in [-0.1, -0.05) is 17.3 Å². The van der Waals surface area contributed by atoms with Crippen LogP contribution in [0.25, 0.3) is 0 Å². The summed E-state index contributed by atoms with van der Waals surface area (Å²) in [5, 5.41) is 6.66. The number of carbonyl (C=O) groups excluding carboxylic acids is 2. The molecule has 0 spiro atoms. The van der Waals surface area contributed by atoms with Crippen LogP contribution in [0.15, 0.2) is 57.9 Å². The lowest BCUT2D eigenvalue weighted by atomic mass is 10.2. The van der Waals surface area contributed by atoms with Gasteiger partial charge in [-0.05, 0) is 43.3 Å². The molecule has 8 heteroatoms. The van der Waals surface area contributed by atoms with Gasteiger partial charge < -0.3 is 14.7 Å². The van der Waals surface area contributed by atoms with Crippen molar-refractivity contribution < 1.29 is 14.1 Å². The maximum absolute atomic E-state index is 12.7. The minimum Gasteiger partial charge on any atom is -0.338 e. The Hall–Kier alpha value is -3.13. The van der Waals surface area contributed by atoms with E-state index in [2.05, 4.69) is 15.5 Å². The van der Waals surface area contributed by atoms with Crippen molar-refractivity contribution in [3.05, 3.63) is 65.8 Å². The number of anilines is 2. The number of rotatable bonds is 6. The molecule has 1 aromatic heterocycles. The molecule has 144 valence electrons. The Kier molecular flexibility index (Phi) is 6.10. The fourth-order valence-corrected chi connectivity index (χ4v) is 3.35. The van der Waals surface area contributed by atoms with E-state index in [0.717, 1.165) is 10.6 Å². The van der Waals surface area contributed by atoms with Crippen molar-refractivity contribution in [3.63, 3.8) is 0 Å². The molecule has 2 amide bonds. The van der Waals surface area contributed by atoms with Crippen LogP contribution in [-0.4, -0.2) is 29.0 Å². The molecular formula is C20H20N4O3S. The van der Waals surface area contributed by atoms with Crippen LogP contribution >= 0.6 is 11.8 Å². The highest BCUT2D eigenvalue weighted by Gasteiger charge is 2.14. The molecule has 2 aromatic carbocycles. The van der Waals surface area contributed by atoms with Gasteiger partial charge in [0.05, 0.1) is 11.3 Å². The van der Waals surface area contributed by atoms with E-state index in [1.165, 1.54) is 23.6 Å². The molecule has 0 atom stereocenters. The first-order valence-corrected chi connectivity index (χ1v) is 9.59. The second kappa shape index (κ2) is 8.71. The number of hydrogen-bond donors (Lipinski definition) is 1. The molecule has 1 N–H and O–H groups in total. The Balaban J connectivity index is 1.69. The van der Waals surface area contributed by atoms with E-state index in [1.54, 1.807) is 44.3 Å². The first-order valence-electron chi connectivity index (χ1n) is 8.61. The Morgan fingerprint density at radius 3 is 2.50 bits per heavy atom. The summed E-state index contributed by atoms with van der Waals surface area (Å²) in [5.41, 5.74) is 1.98. The van der Waals surface area contributed by atoms with Gasteiger partial charge in [-0.25, -0.2) is 0 Å². The summed E-state index contributed by atoms with van der Waals surface area (Å²) in [4.78, 5) is 30.7. The van der Waals surface area contributed by atoms with E-state index in [1.807, 2.05) is 18.2 Å². The van der Waals surface area contributed by atoms with Crippen LogP contribution in [0.3, 0.4) is 0 Å². The average molecular weight is 396 g/mol. The molecule has 7 nitrogen and oxygen atoms in total. The summed E-state index contributed by atoms with van der Waals surface area (Å²) < 4.78 is 5.12. The monoisotopic (exact) mass is 396 g/mol. The van der Waals surface area contributed by atoms with E-state index in [9.17, 15) is 9.59 Å². The minimum absolute atomic E-state index is 0.0563. The van der Waals surface area contributed by atoms with Gasteiger partial charge in [0.25, 0.3) is 5.91 Å². The van der Waals surface area contributed by atoms with Crippen LogP contribution in [0.4, 0.5) is 11.4 Å². The number of nitrogens with one attached hydrogen (secondary N) is 1. The molecule has 1 heterocycles. The van der Waals surface area contributed by atoms with Crippen LogP contribution in [-0.2, 0) is 10.5 Å². The average Bonchev–Trinajstić information content (AvgIpc) is 3.11. The van der Waals surface area contributed by atoms with E-state index >= 15 is 0 Å². The third kappa shape index (κ3) is 4.77. The van der Waals surface area contributed by atoms with Gasteiger partial charge in [0.1, 0.15) is 0 Å². The van der Waals surface area contributed by atoms with Crippen LogP contribution in [0.1, 0.15) is 29.0 Å². The number of carbonyl (C=O) groups is 2. The number of aromatic nitrogens is 2. The van der Waals surface area contributed by atoms with Gasteiger partial charge in [-0.2, -0.15) is 4.98 Å². The highest BCUT2D eigenvalue weighted by molar-refractivity contribution is 7.98. The van der Waals surface area contributed by atoms with Gasteiger partial charge in [-0.3, -0.25) is 9.59 Å². The third-order valence-corrected chi connectivity index (χ3v) is 5.10. The standard InChI is InChI=1S/C20H20N4O3S/c1-13-21-19(27-23-13)12-28-18-7-5-4-6-17(18)20(26)22-15-8-10-16(11-9-15)24(3)14(2)25/h4-11H,12H2,1-3H3,(H,22,26).